The van der Waals surface area contributed by atoms with Crippen LogP contribution in [0.2, 0.25) is 0 Å². The molecule has 1 aromatic carbocycles. The van der Waals surface area contributed by atoms with E-state index < -0.39 is 11.9 Å². The zero-order chi connectivity index (χ0) is 23.4. The highest BCUT2D eigenvalue weighted by Gasteiger charge is 2.43. The number of amides is 1. The molecule has 0 aliphatic carbocycles. The first-order chi connectivity index (χ1) is 16.6. The summed E-state index contributed by atoms with van der Waals surface area (Å²) in [6.45, 7) is 2.11. The van der Waals surface area contributed by atoms with Crippen LogP contribution in [0.5, 0.6) is 5.75 Å². The second-order valence-electron chi connectivity index (χ2n) is 8.89. The van der Waals surface area contributed by atoms with Crippen molar-refractivity contribution in [3.63, 3.8) is 0 Å². The first-order valence-corrected chi connectivity index (χ1v) is 11.7. The van der Waals surface area contributed by atoms with E-state index in [0.717, 1.165) is 50.8 Å². The maximum absolute atomic E-state index is 13.0. The van der Waals surface area contributed by atoms with Crippen LogP contribution in [0.4, 0.5) is 5.95 Å². The van der Waals surface area contributed by atoms with Crippen LogP contribution in [0.15, 0.2) is 42.7 Å². The molecule has 3 aliphatic rings. The molecule has 1 spiro atoms. The molecule has 2 aromatic rings. The van der Waals surface area contributed by atoms with E-state index in [2.05, 4.69) is 20.3 Å². The minimum Gasteiger partial charge on any atom is -0.486 e. The molecule has 0 bridgehead atoms. The number of ketones is 1. The van der Waals surface area contributed by atoms with Crippen LogP contribution in [0.1, 0.15) is 54.4 Å². The molecule has 0 saturated carbocycles. The van der Waals surface area contributed by atoms with Crippen molar-refractivity contribution in [2.24, 2.45) is 0 Å². The minimum atomic E-state index is -0.495. The number of fused-ring (bicyclic) bond motifs is 1. The lowest BCUT2D eigenvalue weighted by molar-refractivity contribution is -0.198. The van der Waals surface area contributed by atoms with Gasteiger partial charge < -0.3 is 14.4 Å². The summed E-state index contributed by atoms with van der Waals surface area (Å²) < 4.78 is 11.8. The van der Waals surface area contributed by atoms with E-state index in [0.29, 0.717) is 30.3 Å². The average molecular weight is 465 g/mol. The summed E-state index contributed by atoms with van der Waals surface area (Å²) in [4.78, 5) is 41.1. The number of nitrogens with one attached hydrogen (secondary N) is 1. The molecular formula is C25H28N4O5. The molecule has 1 unspecified atom stereocenters. The third-order valence-electron chi connectivity index (χ3n) is 6.48. The third kappa shape index (κ3) is 5.10. The van der Waals surface area contributed by atoms with Crippen LogP contribution in [-0.4, -0.2) is 53.2 Å². The largest absolute Gasteiger partial charge is 0.486 e. The van der Waals surface area contributed by atoms with Crippen LogP contribution in [0.3, 0.4) is 0 Å². The number of Topliss-reactive ketones (excluding diaryl/α,β-unsaturated/α-hetero) is 1. The summed E-state index contributed by atoms with van der Waals surface area (Å²) in [7, 11) is 0. The first kappa shape index (κ1) is 22.5. The number of carbonyl (C=O) groups excluding carboxylic acids is 2. The fourth-order valence-electron chi connectivity index (χ4n) is 4.60. The molecule has 1 N–H and O–H groups in total. The number of nitrogens with zero attached hydrogens (tertiary/aromatic N) is 3. The molecule has 1 aromatic heterocycles. The number of hydrogen-bond donors (Lipinski definition) is 1. The Labute approximate surface area is 198 Å². The van der Waals surface area contributed by atoms with Gasteiger partial charge in [-0.2, -0.15) is 0 Å². The predicted molar refractivity (Wildman–Crippen MR) is 124 cm³/mol. The van der Waals surface area contributed by atoms with E-state index in [-0.39, 0.29) is 11.7 Å². The molecule has 34 heavy (non-hydrogen) atoms. The van der Waals surface area contributed by atoms with Crippen molar-refractivity contribution in [3.8, 4) is 5.75 Å². The summed E-state index contributed by atoms with van der Waals surface area (Å²) in [6, 6.07) is 7.22. The number of aromatic nitrogens is 2. The Bertz CT molecular complexity index is 1060. The normalized spacial score (nSPS) is 21.8. The van der Waals surface area contributed by atoms with Crippen LogP contribution in [0.25, 0.3) is 6.08 Å². The van der Waals surface area contributed by atoms with Gasteiger partial charge in [0.1, 0.15) is 11.4 Å². The zero-order valence-electron chi connectivity index (χ0n) is 18.9. The lowest BCUT2D eigenvalue weighted by atomic mass is 9.82. The second-order valence-corrected chi connectivity index (χ2v) is 8.89. The summed E-state index contributed by atoms with van der Waals surface area (Å²) in [5.74, 6) is 0.975. The second kappa shape index (κ2) is 9.90. The van der Waals surface area contributed by atoms with Crippen LogP contribution in [-0.2, 0) is 14.4 Å². The van der Waals surface area contributed by atoms with Gasteiger partial charge in [-0.3, -0.25) is 9.59 Å². The molecule has 2 saturated heterocycles. The maximum atomic E-state index is 13.0. The minimum absolute atomic E-state index is 0.0585. The molecule has 1 atom stereocenters. The Kier molecular flexibility index (Phi) is 6.55. The summed E-state index contributed by atoms with van der Waals surface area (Å²) in [6.07, 6.45) is 10.7. The Morgan fingerprint density at radius 2 is 2.03 bits per heavy atom. The van der Waals surface area contributed by atoms with E-state index in [1.807, 2.05) is 12.1 Å². The highest BCUT2D eigenvalue weighted by atomic mass is 16.8. The number of benzene rings is 1. The van der Waals surface area contributed by atoms with E-state index in [4.69, 9.17) is 14.3 Å². The zero-order valence-corrected chi connectivity index (χ0v) is 18.9. The van der Waals surface area contributed by atoms with Crippen molar-refractivity contribution in [1.29, 1.82) is 0 Å². The van der Waals surface area contributed by atoms with Gasteiger partial charge in [-0.15, -0.1) is 0 Å². The highest BCUT2D eigenvalue weighted by molar-refractivity contribution is 6.01. The molecule has 9 heteroatoms. The summed E-state index contributed by atoms with van der Waals surface area (Å²) in [5, 5.41) is 0. The van der Waals surface area contributed by atoms with Crippen molar-refractivity contribution < 1.29 is 23.9 Å². The van der Waals surface area contributed by atoms with Crippen molar-refractivity contribution >= 4 is 23.7 Å². The van der Waals surface area contributed by atoms with Crippen molar-refractivity contribution in [2.45, 2.75) is 50.4 Å². The van der Waals surface area contributed by atoms with Gasteiger partial charge in [0.15, 0.2) is 12.1 Å². The predicted octanol–water partition coefficient (Wildman–Crippen LogP) is 3.07. The van der Waals surface area contributed by atoms with Gasteiger partial charge in [0, 0.05) is 57.4 Å². The van der Waals surface area contributed by atoms with Gasteiger partial charge in [0.2, 0.25) is 5.95 Å². The van der Waals surface area contributed by atoms with Crippen LogP contribution in [0, 0.1) is 0 Å². The number of hydroxylamine groups is 1. The van der Waals surface area contributed by atoms with Crippen molar-refractivity contribution in [2.75, 3.05) is 24.6 Å². The maximum Gasteiger partial charge on any atom is 0.267 e. The van der Waals surface area contributed by atoms with Crippen molar-refractivity contribution in [1.82, 2.24) is 15.4 Å². The van der Waals surface area contributed by atoms with Gasteiger partial charge in [-0.25, -0.2) is 20.3 Å². The van der Waals surface area contributed by atoms with Gasteiger partial charge in [0.05, 0.1) is 12.0 Å². The fourth-order valence-corrected chi connectivity index (χ4v) is 4.60. The molecule has 4 heterocycles. The number of rotatable bonds is 5. The average Bonchev–Trinajstić information content (AvgIpc) is 2.88. The molecule has 3 aliphatic heterocycles. The number of anilines is 1. The summed E-state index contributed by atoms with van der Waals surface area (Å²) in [5.41, 5.74) is 3.19. The van der Waals surface area contributed by atoms with E-state index >= 15 is 0 Å². The Morgan fingerprint density at radius 3 is 2.79 bits per heavy atom. The van der Waals surface area contributed by atoms with E-state index in [1.54, 1.807) is 30.6 Å². The topological polar surface area (TPSA) is 103 Å². The van der Waals surface area contributed by atoms with Gasteiger partial charge >= 0.3 is 0 Å². The lowest BCUT2D eigenvalue weighted by Gasteiger charge is -2.44. The first-order valence-electron chi connectivity index (χ1n) is 11.7. The smallest absolute Gasteiger partial charge is 0.267 e. The number of carbonyl (C=O) groups is 2. The quantitative estimate of drug-likeness (QED) is 0.532. The number of hydrogen-bond acceptors (Lipinski definition) is 8. The molecular weight excluding hydrogens is 436 g/mol. The summed E-state index contributed by atoms with van der Waals surface area (Å²) >= 11 is 0. The Morgan fingerprint density at radius 1 is 1.21 bits per heavy atom. The Balaban J connectivity index is 1.19. The molecule has 2 fully saturated rings. The lowest BCUT2D eigenvalue weighted by Crippen LogP contribution is -2.51. The van der Waals surface area contributed by atoms with Crippen LogP contribution < -0.4 is 15.1 Å². The van der Waals surface area contributed by atoms with E-state index in [9.17, 15) is 9.59 Å². The fraction of sp³-hybridized carbons (Fsp3) is 0.440. The van der Waals surface area contributed by atoms with E-state index in [1.165, 1.54) is 6.08 Å². The Hall–Kier alpha value is -3.30. The third-order valence-corrected chi connectivity index (χ3v) is 6.48. The SMILES string of the molecule is O=C(C=Cc1ccc2c(c1)C(=O)CC1(CCN(c3ncccn3)CC1)O2)NOC1CCCCO1. The van der Waals surface area contributed by atoms with Crippen molar-refractivity contribution in [3.05, 3.63) is 53.9 Å². The molecule has 5 rings (SSSR count). The molecule has 178 valence electrons. The van der Waals surface area contributed by atoms with Crippen LogP contribution >= 0.6 is 0 Å². The van der Waals surface area contributed by atoms with Gasteiger partial charge in [0.25, 0.3) is 5.91 Å². The molecule has 0 radical (unpaired) electrons. The van der Waals surface area contributed by atoms with Gasteiger partial charge in [-0.1, -0.05) is 6.07 Å². The standard InChI is InChI=1S/C25H28N4O5/c30-20-17-25(9-13-29(14-10-25)24-26-11-3-12-27-24)33-21-7-5-18(16-19(20)21)6-8-22(31)28-34-23-4-1-2-15-32-23/h3,5-8,11-12,16,23H,1-2,4,9-10,13-15,17H2,(H,28,31). The van der Waals surface area contributed by atoms with Gasteiger partial charge in [-0.05, 0) is 42.7 Å². The highest BCUT2D eigenvalue weighted by Crippen LogP contribution is 2.40. The number of ether oxygens (including phenoxy) is 2. The monoisotopic (exact) mass is 464 g/mol. The number of piperidine rings is 1. The molecule has 9 nitrogen and oxygen atoms in total. The molecule has 1 amide bonds.